The second-order valence-corrected chi connectivity index (χ2v) is 6.51. The standard InChI is InChI=1S/C12H17NOS2/c14-10(6-12-7-13-9-16-12)8-15-11-4-2-1-3-5-11/h7,9,11H,1-6,8H2. The molecule has 0 aliphatic heterocycles. The van der Waals surface area contributed by atoms with Crippen LogP contribution < -0.4 is 0 Å². The highest BCUT2D eigenvalue weighted by atomic mass is 32.2. The van der Waals surface area contributed by atoms with Crippen LogP contribution in [0.1, 0.15) is 37.0 Å². The van der Waals surface area contributed by atoms with Gasteiger partial charge in [-0.15, -0.1) is 11.3 Å². The molecule has 1 aromatic heterocycles. The summed E-state index contributed by atoms with van der Waals surface area (Å²) in [6, 6.07) is 0. The van der Waals surface area contributed by atoms with E-state index in [1.165, 1.54) is 32.1 Å². The molecule has 0 bridgehead atoms. The van der Waals surface area contributed by atoms with Crippen LogP contribution in [-0.4, -0.2) is 21.8 Å². The quantitative estimate of drug-likeness (QED) is 0.808. The summed E-state index contributed by atoms with van der Waals surface area (Å²) in [6.07, 6.45) is 9.06. The Hall–Kier alpha value is -0.350. The molecule has 0 radical (unpaired) electrons. The van der Waals surface area contributed by atoms with Crippen molar-refractivity contribution in [2.75, 3.05) is 5.75 Å². The molecular weight excluding hydrogens is 238 g/mol. The number of carbonyl (C=O) groups is 1. The molecule has 16 heavy (non-hydrogen) atoms. The van der Waals surface area contributed by atoms with E-state index in [4.69, 9.17) is 0 Å². The van der Waals surface area contributed by atoms with Crippen molar-refractivity contribution in [1.29, 1.82) is 0 Å². The smallest absolute Gasteiger partial charge is 0.147 e. The monoisotopic (exact) mass is 255 g/mol. The molecule has 0 aromatic carbocycles. The third kappa shape index (κ3) is 3.91. The maximum atomic E-state index is 11.7. The molecule has 88 valence electrons. The summed E-state index contributed by atoms with van der Waals surface area (Å²) in [5.74, 6) is 1.03. The van der Waals surface area contributed by atoms with E-state index in [0.29, 0.717) is 18.0 Å². The zero-order valence-corrected chi connectivity index (χ0v) is 11.0. The Bertz CT molecular complexity index is 318. The van der Waals surface area contributed by atoms with Crippen molar-refractivity contribution in [2.24, 2.45) is 0 Å². The molecule has 1 saturated carbocycles. The van der Waals surface area contributed by atoms with Gasteiger partial charge >= 0.3 is 0 Å². The van der Waals surface area contributed by atoms with E-state index in [1.807, 2.05) is 11.8 Å². The van der Waals surface area contributed by atoms with Gasteiger partial charge in [-0.3, -0.25) is 9.78 Å². The van der Waals surface area contributed by atoms with E-state index < -0.39 is 0 Å². The number of Topliss-reactive ketones (excluding diaryl/α,β-unsaturated/α-hetero) is 1. The predicted molar refractivity (Wildman–Crippen MR) is 70.2 cm³/mol. The average Bonchev–Trinajstić information content (AvgIpc) is 2.81. The number of hydrogen-bond acceptors (Lipinski definition) is 4. The summed E-state index contributed by atoms with van der Waals surface area (Å²) in [5, 5.41) is 0.735. The second kappa shape index (κ2) is 6.40. The summed E-state index contributed by atoms with van der Waals surface area (Å²) < 4.78 is 0. The summed E-state index contributed by atoms with van der Waals surface area (Å²) in [6.45, 7) is 0. The lowest BCUT2D eigenvalue weighted by molar-refractivity contribution is -0.115. The van der Waals surface area contributed by atoms with Gasteiger partial charge in [-0.25, -0.2) is 0 Å². The third-order valence-corrected chi connectivity index (χ3v) is 5.10. The van der Waals surface area contributed by atoms with E-state index in [0.717, 1.165) is 10.1 Å². The minimum atomic E-state index is 0.347. The Labute approximate surface area is 105 Å². The van der Waals surface area contributed by atoms with Crippen LogP contribution in [0.5, 0.6) is 0 Å². The number of carbonyl (C=O) groups excluding carboxylic acids is 1. The number of aromatic nitrogens is 1. The van der Waals surface area contributed by atoms with Crippen molar-refractivity contribution in [2.45, 2.75) is 43.8 Å². The minimum Gasteiger partial charge on any atom is -0.298 e. The molecule has 1 aliphatic rings. The fraction of sp³-hybridized carbons (Fsp3) is 0.667. The molecule has 0 N–H and O–H groups in total. The SMILES string of the molecule is O=C(CSC1CCCCC1)Cc1cncs1. The summed E-state index contributed by atoms with van der Waals surface area (Å²) in [7, 11) is 0. The van der Waals surface area contributed by atoms with Gasteiger partial charge in [0.25, 0.3) is 0 Å². The van der Waals surface area contributed by atoms with Crippen LogP contribution in [0.3, 0.4) is 0 Å². The van der Waals surface area contributed by atoms with Gasteiger partial charge in [0.1, 0.15) is 5.78 Å². The van der Waals surface area contributed by atoms with Crippen molar-refractivity contribution in [3.8, 4) is 0 Å². The zero-order chi connectivity index (χ0) is 11.2. The van der Waals surface area contributed by atoms with Gasteiger partial charge < -0.3 is 0 Å². The van der Waals surface area contributed by atoms with Crippen molar-refractivity contribution in [1.82, 2.24) is 4.98 Å². The van der Waals surface area contributed by atoms with E-state index >= 15 is 0 Å². The van der Waals surface area contributed by atoms with Crippen LogP contribution in [0, 0.1) is 0 Å². The third-order valence-electron chi connectivity index (χ3n) is 2.89. The van der Waals surface area contributed by atoms with Gasteiger partial charge in [0, 0.05) is 22.7 Å². The van der Waals surface area contributed by atoms with Gasteiger partial charge in [0.15, 0.2) is 0 Å². The van der Waals surface area contributed by atoms with Crippen molar-refractivity contribution >= 4 is 28.9 Å². The molecule has 1 fully saturated rings. The van der Waals surface area contributed by atoms with Gasteiger partial charge in [-0.2, -0.15) is 11.8 Å². The number of hydrogen-bond donors (Lipinski definition) is 0. The Morgan fingerprint density at radius 1 is 1.44 bits per heavy atom. The van der Waals surface area contributed by atoms with Crippen LogP contribution in [0.25, 0.3) is 0 Å². The zero-order valence-electron chi connectivity index (χ0n) is 9.35. The van der Waals surface area contributed by atoms with Crippen molar-refractivity contribution in [3.63, 3.8) is 0 Å². The molecule has 0 unspecified atom stereocenters. The Kier molecular flexibility index (Phi) is 4.85. The highest BCUT2D eigenvalue weighted by molar-refractivity contribution is 8.00. The first-order chi connectivity index (χ1) is 7.84. The van der Waals surface area contributed by atoms with Crippen LogP contribution in [0.15, 0.2) is 11.7 Å². The first kappa shape index (κ1) is 12.1. The molecule has 0 saturated heterocycles. The summed E-state index contributed by atoms with van der Waals surface area (Å²) in [4.78, 5) is 16.8. The predicted octanol–water partition coefficient (Wildman–Crippen LogP) is 3.32. The maximum Gasteiger partial charge on any atom is 0.147 e. The maximum absolute atomic E-state index is 11.7. The summed E-state index contributed by atoms with van der Waals surface area (Å²) in [5.41, 5.74) is 1.79. The van der Waals surface area contributed by atoms with Crippen LogP contribution in [0.4, 0.5) is 0 Å². The molecule has 0 spiro atoms. The normalized spacial score (nSPS) is 17.5. The molecule has 2 rings (SSSR count). The van der Waals surface area contributed by atoms with Crippen molar-refractivity contribution < 1.29 is 4.79 Å². The lowest BCUT2D eigenvalue weighted by atomic mass is 10.0. The Morgan fingerprint density at radius 3 is 2.94 bits per heavy atom. The fourth-order valence-electron chi connectivity index (χ4n) is 2.02. The molecule has 4 heteroatoms. The van der Waals surface area contributed by atoms with Gasteiger partial charge in [0.2, 0.25) is 0 Å². The van der Waals surface area contributed by atoms with E-state index in [9.17, 15) is 4.79 Å². The lowest BCUT2D eigenvalue weighted by Gasteiger charge is -2.20. The molecule has 2 nitrogen and oxygen atoms in total. The summed E-state index contributed by atoms with van der Waals surface area (Å²) >= 11 is 3.43. The lowest BCUT2D eigenvalue weighted by Crippen LogP contribution is -2.13. The second-order valence-electron chi connectivity index (χ2n) is 4.25. The molecule has 1 heterocycles. The van der Waals surface area contributed by atoms with Crippen LogP contribution >= 0.6 is 23.1 Å². The number of thioether (sulfide) groups is 1. The highest BCUT2D eigenvalue weighted by Gasteiger charge is 2.15. The van der Waals surface area contributed by atoms with Crippen LogP contribution in [-0.2, 0) is 11.2 Å². The van der Waals surface area contributed by atoms with Crippen LogP contribution in [0.2, 0.25) is 0 Å². The molecule has 0 amide bonds. The molecule has 1 aliphatic carbocycles. The number of thiazole rings is 1. The van der Waals surface area contributed by atoms with Gasteiger partial charge in [-0.1, -0.05) is 19.3 Å². The van der Waals surface area contributed by atoms with Gasteiger partial charge in [-0.05, 0) is 12.8 Å². The number of nitrogens with zero attached hydrogens (tertiary/aromatic N) is 1. The Balaban J connectivity index is 1.67. The van der Waals surface area contributed by atoms with Gasteiger partial charge in [0.05, 0.1) is 11.3 Å². The van der Waals surface area contributed by atoms with E-state index in [-0.39, 0.29) is 0 Å². The fourth-order valence-corrected chi connectivity index (χ4v) is 3.83. The minimum absolute atomic E-state index is 0.347. The van der Waals surface area contributed by atoms with E-state index in [2.05, 4.69) is 4.98 Å². The molecular formula is C12H17NOS2. The van der Waals surface area contributed by atoms with E-state index in [1.54, 1.807) is 23.0 Å². The number of rotatable bonds is 5. The number of ketones is 1. The first-order valence-electron chi connectivity index (χ1n) is 5.85. The largest absolute Gasteiger partial charge is 0.298 e. The Morgan fingerprint density at radius 2 is 2.25 bits per heavy atom. The average molecular weight is 255 g/mol. The topological polar surface area (TPSA) is 30.0 Å². The molecule has 1 aromatic rings. The molecule has 0 atom stereocenters. The van der Waals surface area contributed by atoms with Crippen molar-refractivity contribution in [3.05, 3.63) is 16.6 Å². The first-order valence-corrected chi connectivity index (χ1v) is 7.78. The highest BCUT2D eigenvalue weighted by Crippen LogP contribution is 2.28.